The predicted octanol–water partition coefficient (Wildman–Crippen LogP) is 3.03. The molecule has 3 rings (SSSR count). The van der Waals surface area contributed by atoms with E-state index in [0.29, 0.717) is 6.07 Å². The second-order valence-corrected chi connectivity index (χ2v) is 6.53. The summed E-state index contributed by atoms with van der Waals surface area (Å²) in [6.07, 6.45) is -10.1. The molecule has 2 atom stereocenters. The topological polar surface area (TPSA) is 92.4 Å². The van der Waals surface area contributed by atoms with E-state index < -0.39 is 59.5 Å². The second-order valence-electron chi connectivity index (χ2n) is 6.53. The number of aromatic nitrogens is 1. The molecule has 172 valence electrons. The number of hydrogen-bond donors (Lipinski definition) is 3. The minimum absolute atomic E-state index is 0.0254. The van der Waals surface area contributed by atoms with Gasteiger partial charge < -0.3 is 20.7 Å². The van der Waals surface area contributed by atoms with E-state index in [1.165, 1.54) is 0 Å². The fourth-order valence-corrected chi connectivity index (χ4v) is 2.86. The van der Waals surface area contributed by atoms with Gasteiger partial charge in [0.15, 0.2) is 11.5 Å². The molecule has 1 saturated heterocycles. The molecular formula is C18H13F7N4O3. The van der Waals surface area contributed by atoms with E-state index in [1.54, 1.807) is 0 Å². The Hall–Kier alpha value is -3.58. The van der Waals surface area contributed by atoms with Gasteiger partial charge in [-0.3, -0.25) is 4.79 Å². The Kier molecular flexibility index (Phi) is 6.14. The number of ether oxygens (including phenoxy) is 1. The van der Waals surface area contributed by atoms with Crippen LogP contribution in [-0.2, 0) is 11.0 Å². The van der Waals surface area contributed by atoms with Crippen LogP contribution in [0.25, 0.3) is 0 Å². The highest BCUT2D eigenvalue weighted by molar-refractivity contribution is 5.90. The molecule has 0 aliphatic carbocycles. The molecule has 0 radical (unpaired) electrons. The summed E-state index contributed by atoms with van der Waals surface area (Å²) in [5.41, 5.74) is -2.24. The van der Waals surface area contributed by atoms with Crippen molar-refractivity contribution in [3.8, 4) is 5.75 Å². The van der Waals surface area contributed by atoms with Crippen molar-refractivity contribution in [2.24, 2.45) is 0 Å². The zero-order valence-electron chi connectivity index (χ0n) is 15.6. The van der Waals surface area contributed by atoms with Gasteiger partial charge >= 0.3 is 18.6 Å². The van der Waals surface area contributed by atoms with Crippen molar-refractivity contribution in [2.75, 3.05) is 6.54 Å². The van der Waals surface area contributed by atoms with E-state index in [1.807, 2.05) is 0 Å². The summed E-state index contributed by atoms with van der Waals surface area (Å²) < 4.78 is 93.7. The lowest BCUT2D eigenvalue weighted by Crippen LogP contribution is -2.44. The number of nitrogens with one attached hydrogen (secondary N) is 3. The lowest BCUT2D eigenvalue weighted by Gasteiger charge is -2.22. The van der Waals surface area contributed by atoms with Crippen LogP contribution in [0.15, 0.2) is 36.4 Å². The molecule has 3 amide bonds. The van der Waals surface area contributed by atoms with Crippen LogP contribution in [-0.4, -0.2) is 35.9 Å². The first-order valence-corrected chi connectivity index (χ1v) is 8.77. The smallest absolute Gasteiger partial charge is 0.406 e. The van der Waals surface area contributed by atoms with Crippen LogP contribution < -0.4 is 20.7 Å². The maximum Gasteiger partial charge on any atom is 0.573 e. The lowest BCUT2D eigenvalue weighted by molar-refractivity contribution is -0.274. The number of rotatable bonds is 5. The molecule has 0 spiro atoms. The third-order valence-corrected chi connectivity index (χ3v) is 4.25. The monoisotopic (exact) mass is 466 g/mol. The van der Waals surface area contributed by atoms with Crippen molar-refractivity contribution in [1.82, 2.24) is 20.9 Å². The summed E-state index contributed by atoms with van der Waals surface area (Å²) in [7, 11) is 0. The number of pyridine rings is 1. The Morgan fingerprint density at radius 3 is 2.28 bits per heavy atom. The van der Waals surface area contributed by atoms with Crippen molar-refractivity contribution >= 4 is 11.9 Å². The fraction of sp³-hybridized carbons (Fsp3) is 0.278. The Labute approximate surface area is 175 Å². The Morgan fingerprint density at radius 1 is 1.09 bits per heavy atom. The molecule has 0 saturated carbocycles. The number of carbonyl (C=O) groups excluding carboxylic acids is 2. The van der Waals surface area contributed by atoms with Gasteiger partial charge in [-0.05, 0) is 29.8 Å². The van der Waals surface area contributed by atoms with Gasteiger partial charge in [0.2, 0.25) is 5.91 Å². The molecule has 1 fully saturated rings. The van der Waals surface area contributed by atoms with Gasteiger partial charge in [0.1, 0.15) is 11.8 Å². The summed E-state index contributed by atoms with van der Waals surface area (Å²) in [5.74, 6) is -3.07. The summed E-state index contributed by atoms with van der Waals surface area (Å²) >= 11 is 0. The van der Waals surface area contributed by atoms with Gasteiger partial charge in [-0.25, -0.2) is 14.2 Å². The second kappa shape index (κ2) is 8.51. The zero-order valence-corrected chi connectivity index (χ0v) is 15.6. The Balaban J connectivity index is 1.96. The number of urea groups is 1. The van der Waals surface area contributed by atoms with Crippen LogP contribution in [0.2, 0.25) is 0 Å². The molecule has 2 unspecified atom stereocenters. The van der Waals surface area contributed by atoms with Crippen LogP contribution in [0.4, 0.5) is 35.5 Å². The third-order valence-electron chi connectivity index (χ3n) is 4.25. The number of alkyl halides is 6. The molecule has 3 N–H and O–H groups in total. The van der Waals surface area contributed by atoms with E-state index in [-0.39, 0.29) is 12.1 Å². The maximum absolute atomic E-state index is 13.6. The average molecular weight is 466 g/mol. The molecule has 1 aliphatic heterocycles. The summed E-state index contributed by atoms with van der Waals surface area (Å²) in [6, 6.07) is 2.16. The van der Waals surface area contributed by atoms with Gasteiger partial charge in [-0.1, -0.05) is 12.1 Å². The number of benzene rings is 1. The van der Waals surface area contributed by atoms with E-state index in [4.69, 9.17) is 0 Å². The van der Waals surface area contributed by atoms with Crippen molar-refractivity contribution in [2.45, 2.75) is 24.6 Å². The Morgan fingerprint density at radius 2 is 1.75 bits per heavy atom. The number of carbonyl (C=O) groups is 2. The van der Waals surface area contributed by atoms with Crippen LogP contribution in [0.1, 0.15) is 23.0 Å². The quantitative estimate of drug-likeness (QED) is 0.591. The molecule has 2 heterocycles. The van der Waals surface area contributed by atoms with Crippen LogP contribution >= 0.6 is 0 Å². The van der Waals surface area contributed by atoms with Gasteiger partial charge in [0.25, 0.3) is 0 Å². The molecule has 1 aliphatic rings. The molecule has 1 aromatic carbocycles. The first kappa shape index (κ1) is 23.1. The summed E-state index contributed by atoms with van der Waals surface area (Å²) in [6.45, 7) is -0.111. The van der Waals surface area contributed by atoms with E-state index in [2.05, 4.69) is 25.7 Å². The van der Waals surface area contributed by atoms with Crippen molar-refractivity contribution in [3.63, 3.8) is 0 Å². The highest BCUT2D eigenvalue weighted by atomic mass is 19.4. The number of amides is 3. The Bertz CT molecular complexity index is 1010. The van der Waals surface area contributed by atoms with Crippen LogP contribution in [0.5, 0.6) is 5.75 Å². The molecule has 2 aromatic rings. The lowest BCUT2D eigenvalue weighted by atomic mass is 10.0. The van der Waals surface area contributed by atoms with Crippen molar-refractivity contribution in [1.29, 1.82) is 0 Å². The highest BCUT2D eigenvalue weighted by Gasteiger charge is 2.38. The average Bonchev–Trinajstić information content (AvgIpc) is 3.12. The van der Waals surface area contributed by atoms with Gasteiger partial charge in [-0.2, -0.15) is 13.2 Å². The maximum atomic E-state index is 13.6. The van der Waals surface area contributed by atoms with Gasteiger partial charge in [0, 0.05) is 6.54 Å². The van der Waals surface area contributed by atoms with E-state index in [0.717, 1.165) is 30.3 Å². The summed E-state index contributed by atoms with van der Waals surface area (Å²) in [5, 5.41) is 6.96. The van der Waals surface area contributed by atoms with Crippen LogP contribution in [0, 0.1) is 5.82 Å². The minimum atomic E-state index is -5.14. The minimum Gasteiger partial charge on any atom is -0.406 e. The molecule has 0 bridgehead atoms. The highest BCUT2D eigenvalue weighted by Crippen LogP contribution is 2.32. The first-order chi connectivity index (χ1) is 14.8. The largest absolute Gasteiger partial charge is 0.573 e. The number of hydrogen-bond acceptors (Lipinski definition) is 4. The molecule has 32 heavy (non-hydrogen) atoms. The van der Waals surface area contributed by atoms with E-state index in [9.17, 15) is 40.3 Å². The number of halogens is 7. The first-order valence-electron chi connectivity index (χ1n) is 8.77. The fourth-order valence-electron chi connectivity index (χ4n) is 2.86. The molecule has 14 heteroatoms. The van der Waals surface area contributed by atoms with Crippen LogP contribution in [0.3, 0.4) is 0 Å². The molecular weight excluding hydrogens is 453 g/mol. The zero-order chi connectivity index (χ0) is 23.7. The van der Waals surface area contributed by atoms with E-state index >= 15 is 0 Å². The summed E-state index contributed by atoms with van der Waals surface area (Å²) in [4.78, 5) is 27.0. The number of nitrogens with zero attached hydrogens (tertiary/aromatic N) is 1. The normalized spacial score (nSPS) is 17.3. The molecule has 1 aromatic heterocycles. The van der Waals surface area contributed by atoms with Crippen molar-refractivity contribution < 1.29 is 45.1 Å². The van der Waals surface area contributed by atoms with Gasteiger partial charge in [0.05, 0.1) is 11.7 Å². The third kappa shape index (κ3) is 5.56. The SMILES string of the molecule is O=C1NCC(C(=O)NC(c2ccc(OC(F)(F)F)cc2)c2ccc(F)c(C(F)(F)F)n2)N1. The predicted molar refractivity (Wildman–Crippen MR) is 92.6 cm³/mol. The van der Waals surface area contributed by atoms with Crippen molar-refractivity contribution in [3.05, 3.63) is 59.2 Å². The standard InChI is InChI=1S/C18H13F7N4O3/c19-10-5-6-11(27-14(10)17(20,21)22)13(29-15(30)12-7-26-16(31)28-12)8-1-3-9(4-2-8)32-18(23,24)25/h1-6,12-13H,7H2,(H,29,30)(H2,26,28,31). The molecule has 7 nitrogen and oxygen atoms in total. The van der Waals surface area contributed by atoms with Gasteiger partial charge in [-0.15, -0.1) is 13.2 Å².